The molecule has 0 aliphatic carbocycles. The smallest absolute Gasteiger partial charge is 0.269 e. The van der Waals surface area contributed by atoms with E-state index in [9.17, 15) is 18.5 Å². The maximum atomic E-state index is 13.3. The van der Waals surface area contributed by atoms with Gasteiger partial charge in [-0.1, -0.05) is 58.5 Å². The van der Waals surface area contributed by atoms with Crippen molar-refractivity contribution in [2.24, 2.45) is 0 Å². The van der Waals surface area contributed by atoms with Gasteiger partial charge in [-0.15, -0.1) is 0 Å². The third kappa shape index (κ3) is 3.95. The molecule has 9 heteroatoms. The van der Waals surface area contributed by atoms with Crippen molar-refractivity contribution in [1.29, 1.82) is 0 Å². The molecule has 0 bridgehead atoms. The highest BCUT2D eigenvalue weighted by molar-refractivity contribution is 7.89. The van der Waals surface area contributed by atoms with Gasteiger partial charge in [0, 0.05) is 23.6 Å². The van der Waals surface area contributed by atoms with E-state index in [4.69, 9.17) is 16.4 Å². The molecule has 1 heterocycles. The van der Waals surface area contributed by atoms with Crippen molar-refractivity contribution in [2.45, 2.75) is 23.5 Å². The van der Waals surface area contributed by atoms with Crippen molar-refractivity contribution < 1.29 is 18.2 Å². The van der Waals surface area contributed by atoms with Gasteiger partial charge in [-0.3, -0.25) is 15.0 Å². The summed E-state index contributed by atoms with van der Waals surface area (Å²) in [5, 5.41) is 11.4. The van der Waals surface area contributed by atoms with Gasteiger partial charge in [0.05, 0.1) is 15.9 Å². The molecule has 1 saturated heterocycles. The third-order valence-electron chi connectivity index (χ3n) is 4.91. The number of nitro benzene ring substituents is 1. The number of hydroxylamine groups is 1. The topological polar surface area (TPSA) is 89.8 Å². The van der Waals surface area contributed by atoms with Crippen LogP contribution in [0.4, 0.5) is 5.69 Å². The van der Waals surface area contributed by atoms with Crippen molar-refractivity contribution in [1.82, 2.24) is 4.47 Å². The zero-order chi connectivity index (χ0) is 21.3. The third-order valence-corrected chi connectivity index (χ3v) is 6.83. The number of benzene rings is 3. The van der Waals surface area contributed by atoms with E-state index < -0.39 is 27.1 Å². The van der Waals surface area contributed by atoms with E-state index in [0.29, 0.717) is 11.4 Å². The summed E-state index contributed by atoms with van der Waals surface area (Å²) in [6.07, 6.45) is -0.113. The van der Waals surface area contributed by atoms with Crippen LogP contribution in [0.1, 0.15) is 29.7 Å². The normalized spacial score (nSPS) is 19.6. The fourth-order valence-corrected chi connectivity index (χ4v) is 5.08. The van der Waals surface area contributed by atoms with Gasteiger partial charge in [0.2, 0.25) is 0 Å². The number of non-ortho nitro benzene ring substituents is 1. The first-order valence-corrected chi connectivity index (χ1v) is 10.9. The minimum atomic E-state index is -4.07. The molecule has 1 aliphatic rings. The lowest BCUT2D eigenvalue weighted by molar-refractivity contribution is -0.384. The summed E-state index contributed by atoms with van der Waals surface area (Å²) in [5.41, 5.74) is 1.37. The molecular weight excluding hydrogens is 428 g/mol. The fraction of sp³-hybridized carbons (Fsp3) is 0.143. The average molecular weight is 445 g/mol. The Bertz CT molecular complexity index is 1170. The minimum absolute atomic E-state index is 0.0826. The zero-order valence-electron chi connectivity index (χ0n) is 15.6. The molecular formula is C21H17ClN2O5S. The van der Waals surface area contributed by atoms with E-state index in [0.717, 1.165) is 27.7 Å². The van der Waals surface area contributed by atoms with Gasteiger partial charge < -0.3 is 0 Å². The molecule has 154 valence electrons. The quantitative estimate of drug-likeness (QED) is 0.405. The predicted molar refractivity (Wildman–Crippen MR) is 111 cm³/mol. The first-order chi connectivity index (χ1) is 14.4. The molecule has 3 aromatic rings. The standard InChI is InChI=1S/C21H17ClN2O5S/c22-17-8-4-7-16(13-17)21-14-20(15-5-2-1-3-6-15)24(29-21)30(27,28)19-11-9-18(10-12-19)23(25)26/h1-13,20-21H,14H2/t20-,21+/m1/s1. The highest BCUT2D eigenvalue weighted by Gasteiger charge is 2.43. The Hall–Kier alpha value is -2.78. The van der Waals surface area contributed by atoms with Gasteiger partial charge in [0.15, 0.2) is 0 Å². The Morgan fingerprint density at radius 1 is 0.967 bits per heavy atom. The van der Waals surface area contributed by atoms with E-state index in [1.807, 2.05) is 36.4 Å². The molecule has 1 fully saturated rings. The molecule has 0 spiro atoms. The Balaban J connectivity index is 1.73. The second-order valence-electron chi connectivity index (χ2n) is 6.82. The Morgan fingerprint density at radius 3 is 2.27 bits per heavy atom. The summed E-state index contributed by atoms with van der Waals surface area (Å²) >= 11 is 6.10. The van der Waals surface area contributed by atoms with Gasteiger partial charge in [0.1, 0.15) is 6.10 Å². The fourth-order valence-electron chi connectivity index (χ4n) is 3.44. The molecule has 2 atom stereocenters. The monoisotopic (exact) mass is 444 g/mol. The van der Waals surface area contributed by atoms with Crippen LogP contribution in [0, 0.1) is 10.1 Å². The molecule has 0 aromatic heterocycles. The molecule has 0 saturated carbocycles. The molecule has 0 amide bonds. The average Bonchev–Trinajstić information content (AvgIpc) is 3.21. The summed E-state index contributed by atoms with van der Waals surface area (Å²) in [4.78, 5) is 16.2. The van der Waals surface area contributed by atoms with Crippen molar-refractivity contribution in [3.8, 4) is 0 Å². The van der Waals surface area contributed by atoms with Crippen LogP contribution >= 0.6 is 11.6 Å². The predicted octanol–water partition coefficient (Wildman–Crippen LogP) is 5.06. The van der Waals surface area contributed by atoms with Gasteiger partial charge >= 0.3 is 0 Å². The van der Waals surface area contributed by atoms with Crippen LogP contribution in [-0.4, -0.2) is 17.8 Å². The van der Waals surface area contributed by atoms with Crippen LogP contribution in [0.2, 0.25) is 5.02 Å². The maximum Gasteiger partial charge on any atom is 0.269 e. The second-order valence-corrected chi connectivity index (χ2v) is 9.04. The van der Waals surface area contributed by atoms with Crippen LogP contribution in [-0.2, 0) is 14.9 Å². The lowest BCUT2D eigenvalue weighted by Crippen LogP contribution is -2.29. The number of hydrogen-bond donors (Lipinski definition) is 0. The highest BCUT2D eigenvalue weighted by atomic mass is 35.5. The Morgan fingerprint density at radius 2 is 1.63 bits per heavy atom. The van der Waals surface area contributed by atoms with Crippen LogP contribution in [0.25, 0.3) is 0 Å². The Labute approximate surface area is 178 Å². The number of halogens is 1. The highest BCUT2D eigenvalue weighted by Crippen LogP contribution is 2.45. The van der Waals surface area contributed by atoms with Crippen molar-refractivity contribution in [3.05, 3.63) is 105 Å². The van der Waals surface area contributed by atoms with Crippen LogP contribution in [0.3, 0.4) is 0 Å². The first-order valence-electron chi connectivity index (χ1n) is 9.12. The first kappa shape index (κ1) is 20.5. The van der Waals surface area contributed by atoms with Crippen LogP contribution in [0.5, 0.6) is 0 Å². The summed E-state index contributed by atoms with van der Waals surface area (Å²) < 4.78 is 27.7. The molecule has 0 radical (unpaired) electrons. The van der Waals surface area contributed by atoms with Crippen LogP contribution < -0.4 is 0 Å². The summed E-state index contributed by atoms with van der Waals surface area (Å²) in [6.45, 7) is 0. The van der Waals surface area contributed by atoms with E-state index in [-0.39, 0.29) is 10.6 Å². The lowest BCUT2D eigenvalue weighted by atomic mass is 9.99. The van der Waals surface area contributed by atoms with Crippen molar-refractivity contribution in [3.63, 3.8) is 0 Å². The van der Waals surface area contributed by atoms with Crippen molar-refractivity contribution >= 4 is 27.3 Å². The van der Waals surface area contributed by atoms with E-state index in [1.165, 1.54) is 12.1 Å². The van der Waals surface area contributed by atoms with E-state index in [1.54, 1.807) is 18.2 Å². The number of hydrogen-bond acceptors (Lipinski definition) is 5. The largest absolute Gasteiger partial charge is 0.275 e. The lowest BCUT2D eigenvalue weighted by Gasteiger charge is -2.22. The summed E-state index contributed by atoms with van der Waals surface area (Å²) in [6, 6.07) is 20.5. The van der Waals surface area contributed by atoms with E-state index >= 15 is 0 Å². The molecule has 0 N–H and O–H groups in total. The SMILES string of the molecule is O=[N+]([O-])c1ccc(S(=O)(=O)N2O[C@H](c3cccc(Cl)c3)C[C@@H]2c2ccccc2)cc1. The molecule has 7 nitrogen and oxygen atoms in total. The maximum absolute atomic E-state index is 13.3. The molecule has 0 unspecified atom stereocenters. The number of nitrogens with zero attached hydrogens (tertiary/aromatic N) is 2. The molecule has 30 heavy (non-hydrogen) atoms. The molecule has 4 rings (SSSR count). The zero-order valence-corrected chi connectivity index (χ0v) is 17.2. The van der Waals surface area contributed by atoms with Gasteiger partial charge in [-0.2, -0.15) is 0 Å². The van der Waals surface area contributed by atoms with Crippen molar-refractivity contribution in [2.75, 3.05) is 0 Å². The van der Waals surface area contributed by atoms with Gasteiger partial charge in [-0.05, 0) is 35.4 Å². The number of rotatable bonds is 5. The molecule has 3 aromatic carbocycles. The summed E-state index contributed by atoms with van der Waals surface area (Å²) in [7, 11) is -4.07. The molecule has 1 aliphatic heterocycles. The number of nitro groups is 1. The van der Waals surface area contributed by atoms with E-state index in [2.05, 4.69) is 0 Å². The summed E-state index contributed by atoms with van der Waals surface area (Å²) in [5.74, 6) is 0. The minimum Gasteiger partial charge on any atom is -0.275 e. The van der Waals surface area contributed by atoms with Gasteiger partial charge in [-0.25, -0.2) is 8.42 Å². The van der Waals surface area contributed by atoms with Gasteiger partial charge in [0.25, 0.3) is 15.7 Å². The van der Waals surface area contributed by atoms with Crippen LogP contribution in [0.15, 0.2) is 83.8 Å². The second kappa shape index (κ2) is 8.16. The number of sulfonamides is 1. The Kier molecular flexibility index (Phi) is 5.57.